The normalized spacial score (nSPS) is 19.1. The van der Waals surface area contributed by atoms with E-state index in [-0.39, 0.29) is 5.54 Å². The van der Waals surface area contributed by atoms with Gasteiger partial charge in [-0.2, -0.15) is 5.10 Å². The minimum atomic E-state index is 0.151. The number of ether oxygens (including phenoxy) is 1. The van der Waals surface area contributed by atoms with Crippen molar-refractivity contribution in [2.24, 2.45) is 7.05 Å². The Labute approximate surface area is 114 Å². The number of nitrogens with zero attached hydrogens (tertiary/aromatic N) is 2. The lowest BCUT2D eigenvalue weighted by Gasteiger charge is -2.34. The van der Waals surface area contributed by atoms with Crippen LogP contribution in [0.5, 0.6) is 0 Å². The monoisotopic (exact) mass is 271 g/mol. The van der Waals surface area contributed by atoms with E-state index >= 15 is 0 Å². The minimum Gasteiger partial charge on any atom is -0.381 e. The van der Waals surface area contributed by atoms with Crippen LogP contribution in [0.4, 0.5) is 0 Å². The molecule has 1 fully saturated rings. The summed E-state index contributed by atoms with van der Waals surface area (Å²) in [6.45, 7) is 6.76. The lowest BCUT2D eigenvalue weighted by Crippen LogP contribution is -2.46. The van der Waals surface area contributed by atoms with E-state index in [0.29, 0.717) is 0 Å². The van der Waals surface area contributed by atoms with Gasteiger partial charge >= 0.3 is 0 Å². The van der Waals surface area contributed by atoms with Crippen LogP contribution in [0.25, 0.3) is 0 Å². The molecule has 0 amide bonds. The van der Waals surface area contributed by atoms with Gasteiger partial charge in [0.15, 0.2) is 0 Å². The summed E-state index contributed by atoms with van der Waals surface area (Å²) in [5, 5.41) is 8.85. The van der Waals surface area contributed by atoms with Gasteiger partial charge in [0.2, 0.25) is 0 Å². The summed E-state index contributed by atoms with van der Waals surface area (Å²) in [7, 11) is 1.95. The molecule has 1 aliphatic heterocycles. The molecule has 1 aromatic heterocycles. The first-order valence-corrected chi connectivity index (χ1v) is 6.96. The Kier molecular flexibility index (Phi) is 4.30. The van der Waals surface area contributed by atoms with Crippen molar-refractivity contribution in [3.05, 3.63) is 16.4 Å². The first-order chi connectivity index (χ1) is 8.56. The summed E-state index contributed by atoms with van der Waals surface area (Å²) in [5.41, 5.74) is 2.20. The summed E-state index contributed by atoms with van der Waals surface area (Å²) in [6, 6.07) is 0. The molecule has 0 saturated carbocycles. The van der Waals surface area contributed by atoms with Crippen molar-refractivity contribution in [1.29, 1.82) is 0 Å². The van der Waals surface area contributed by atoms with E-state index in [1.165, 1.54) is 0 Å². The molecule has 5 heteroatoms. The fourth-order valence-electron chi connectivity index (χ4n) is 2.31. The molecule has 4 nitrogen and oxygen atoms in total. The molecule has 0 spiro atoms. The number of hydrogen-bond acceptors (Lipinski definition) is 3. The fourth-order valence-corrected chi connectivity index (χ4v) is 2.67. The van der Waals surface area contributed by atoms with Crippen LogP contribution in [0.15, 0.2) is 0 Å². The fraction of sp³-hybridized carbons (Fsp3) is 0.769. The van der Waals surface area contributed by atoms with Crippen molar-refractivity contribution in [2.75, 3.05) is 13.2 Å². The van der Waals surface area contributed by atoms with E-state index in [1.54, 1.807) is 0 Å². The van der Waals surface area contributed by atoms with Gasteiger partial charge in [-0.25, -0.2) is 0 Å². The standard InChI is InChI=1S/C13H22ClN3O/c1-4-10-12(14)11(17(3)16-10)9-15-13(2)5-7-18-8-6-13/h15H,4-9H2,1-3H3. The highest BCUT2D eigenvalue weighted by Crippen LogP contribution is 2.24. The number of rotatable bonds is 4. The minimum absolute atomic E-state index is 0.151. The lowest BCUT2D eigenvalue weighted by atomic mass is 9.92. The number of nitrogens with one attached hydrogen (secondary N) is 1. The summed E-state index contributed by atoms with van der Waals surface area (Å²) in [4.78, 5) is 0. The maximum Gasteiger partial charge on any atom is 0.0863 e. The molecule has 0 radical (unpaired) electrons. The van der Waals surface area contributed by atoms with E-state index in [9.17, 15) is 0 Å². The molecule has 102 valence electrons. The van der Waals surface area contributed by atoms with E-state index < -0.39 is 0 Å². The predicted octanol–water partition coefficient (Wildman–Crippen LogP) is 2.29. The van der Waals surface area contributed by atoms with E-state index in [4.69, 9.17) is 16.3 Å². The number of hydrogen-bond donors (Lipinski definition) is 1. The van der Waals surface area contributed by atoms with Gasteiger partial charge in [0.05, 0.1) is 16.4 Å². The van der Waals surface area contributed by atoms with Crippen LogP contribution in [0.1, 0.15) is 38.1 Å². The second kappa shape index (κ2) is 5.59. The molecule has 1 saturated heterocycles. The second-order valence-electron chi connectivity index (χ2n) is 5.21. The van der Waals surface area contributed by atoms with Crippen molar-refractivity contribution in [3.63, 3.8) is 0 Å². The van der Waals surface area contributed by atoms with E-state index in [1.807, 2.05) is 11.7 Å². The number of aryl methyl sites for hydroxylation is 2. The van der Waals surface area contributed by atoms with Gasteiger partial charge in [-0.1, -0.05) is 18.5 Å². The zero-order chi connectivity index (χ0) is 13.2. The van der Waals surface area contributed by atoms with Crippen molar-refractivity contribution in [2.45, 2.75) is 45.2 Å². The molecule has 0 atom stereocenters. The Morgan fingerprint density at radius 3 is 2.67 bits per heavy atom. The Balaban J connectivity index is 2.03. The predicted molar refractivity (Wildman–Crippen MR) is 72.9 cm³/mol. The van der Waals surface area contributed by atoms with Crippen LogP contribution in [0, 0.1) is 0 Å². The third-order valence-electron chi connectivity index (χ3n) is 3.78. The van der Waals surface area contributed by atoms with Gasteiger partial charge in [-0.15, -0.1) is 0 Å². The maximum absolute atomic E-state index is 6.34. The molecule has 2 rings (SSSR count). The summed E-state index contributed by atoms with van der Waals surface area (Å²) in [6.07, 6.45) is 2.96. The zero-order valence-corrected chi connectivity index (χ0v) is 12.2. The van der Waals surface area contributed by atoms with E-state index in [0.717, 1.165) is 55.4 Å². The largest absolute Gasteiger partial charge is 0.381 e. The zero-order valence-electron chi connectivity index (χ0n) is 11.4. The summed E-state index contributed by atoms with van der Waals surface area (Å²) >= 11 is 6.34. The molecule has 0 unspecified atom stereocenters. The SMILES string of the molecule is CCc1nn(C)c(CNC2(C)CCOCC2)c1Cl. The molecule has 0 aromatic carbocycles. The molecular formula is C13H22ClN3O. The first-order valence-electron chi connectivity index (χ1n) is 6.59. The third-order valence-corrected chi connectivity index (χ3v) is 4.22. The average Bonchev–Trinajstić information content (AvgIpc) is 2.63. The van der Waals surface area contributed by atoms with Crippen molar-refractivity contribution in [3.8, 4) is 0 Å². The molecule has 18 heavy (non-hydrogen) atoms. The van der Waals surface area contributed by atoms with Gasteiger partial charge in [0.1, 0.15) is 0 Å². The van der Waals surface area contributed by atoms with Crippen LogP contribution >= 0.6 is 11.6 Å². The van der Waals surface area contributed by atoms with Gasteiger partial charge in [-0.05, 0) is 26.2 Å². The van der Waals surface area contributed by atoms with Crippen molar-refractivity contribution in [1.82, 2.24) is 15.1 Å². The maximum atomic E-state index is 6.34. The van der Waals surface area contributed by atoms with Crippen LogP contribution < -0.4 is 5.32 Å². The highest BCUT2D eigenvalue weighted by atomic mass is 35.5. The lowest BCUT2D eigenvalue weighted by molar-refractivity contribution is 0.0444. The first kappa shape index (κ1) is 13.8. The van der Waals surface area contributed by atoms with Crippen molar-refractivity contribution < 1.29 is 4.74 Å². The quantitative estimate of drug-likeness (QED) is 0.913. The summed E-state index contributed by atoms with van der Waals surface area (Å²) in [5.74, 6) is 0. The van der Waals surface area contributed by atoms with Gasteiger partial charge in [0, 0.05) is 32.3 Å². The average molecular weight is 272 g/mol. The smallest absolute Gasteiger partial charge is 0.0863 e. The molecule has 1 aliphatic rings. The molecule has 1 N–H and O–H groups in total. The van der Waals surface area contributed by atoms with Gasteiger partial charge in [0.25, 0.3) is 0 Å². The molecular weight excluding hydrogens is 250 g/mol. The van der Waals surface area contributed by atoms with Crippen LogP contribution in [0.3, 0.4) is 0 Å². The number of aromatic nitrogens is 2. The Hall–Kier alpha value is -0.580. The highest BCUT2D eigenvalue weighted by Gasteiger charge is 2.27. The van der Waals surface area contributed by atoms with Crippen molar-refractivity contribution >= 4 is 11.6 Å². The molecule has 0 aliphatic carbocycles. The van der Waals surface area contributed by atoms with Crippen LogP contribution in [-0.4, -0.2) is 28.5 Å². The third kappa shape index (κ3) is 2.87. The van der Waals surface area contributed by atoms with Gasteiger partial charge in [-0.3, -0.25) is 4.68 Å². The van der Waals surface area contributed by atoms with E-state index in [2.05, 4.69) is 24.3 Å². The topological polar surface area (TPSA) is 39.1 Å². The number of halogens is 1. The Bertz CT molecular complexity index is 411. The molecule has 2 heterocycles. The van der Waals surface area contributed by atoms with Crippen LogP contribution in [0.2, 0.25) is 5.02 Å². The second-order valence-corrected chi connectivity index (χ2v) is 5.59. The highest BCUT2D eigenvalue weighted by molar-refractivity contribution is 6.31. The van der Waals surface area contributed by atoms with Crippen LogP contribution in [-0.2, 0) is 24.8 Å². The molecule has 0 bridgehead atoms. The Morgan fingerprint density at radius 2 is 2.11 bits per heavy atom. The summed E-state index contributed by atoms with van der Waals surface area (Å²) < 4.78 is 7.29. The van der Waals surface area contributed by atoms with Gasteiger partial charge < -0.3 is 10.1 Å². The Morgan fingerprint density at radius 1 is 1.44 bits per heavy atom. The molecule has 1 aromatic rings.